The van der Waals surface area contributed by atoms with Crippen LogP contribution in [0.3, 0.4) is 0 Å². The Balaban J connectivity index is 3.25. The highest BCUT2D eigenvalue weighted by molar-refractivity contribution is 9.10. The van der Waals surface area contributed by atoms with Crippen molar-refractivity contribution in [2.75, 3.05) is 0 Å². The molecular formula is C7H9BrN2O8P2. The number of pyridine rings is 1. The molecule has 0 amide bonds. The Morgan fingerprint density at radius 2 is 1.80 bits per heavy atom. The monoisotopic (exact) mass is 390 g/mol. The van der Waals surface area contributed by atoms with Gasteiger partial charge in [-0.15, -0.1) is 0 Å². The number of hydrogen-bond acceptors (Lipinski definition) is 5. The second kappa shape index (κ2) is 5.98. The zero-order valence-electron chi connectivity index (χ0n) is 9.53. The molecule has 1 heterocycles. The average Bonchev–Trinajstić information content (AvgIpc) is 2.24. The lowest BCUT2D eigenvalue weighted by Crippen LogP contribution is -2.13. The topological polar surface area (TPSA) is 171 Å². The summed E-state index contributed by atoms with van der Waals surface area (Å²) in [6, 6.07) is 0.940. The SMILES string of the molecule is O=[N+]([O-])c1cnc(Br)c(CC(P(=O)(O)O)P(=O)(O)O)c1. The fraction of sp³-hybridized carbons (Fsp3) is 0.286. The molecule has 13 heteroatoms. The largest absolute Gasteiger partial charge is 0.341 e. The minimum atomic E-state index is -5.10. The summed E-state index contributed by atoms with van der Waals surface area (Å²) in [5, 5.41) is 8.30. The van der Waals surface area contributed by atoms with Gasteiger partial charge in [0.05, 0.1) is 4.92 Å². The van der Waals surface area contributed by atoms with Gasteiger partial charge in [0.15, 0.2) is 5.40 Å². The van der Waals surface area contributed by atoms with Gasteiger partial charge in [0.1, 0.15) is 10.8 Å². The van der Waals surface area contributed by atoms with E-state index in [0.717, 1.165) is 12.3 Å². The Labute approximate surface area is 120 Å². The quantitative estimate of drug-likeness (QED) is 0.247. The molecule has 4 N–H and O–H groups in total. The molecule has 1 aromatic rings. The summed E-state index contributed by atoms with van der Waals surface area (Å²) in [6.45, 7) is 0. The molecule has 0 bridgehead atoms. The van der Waals surface area contributed by atoms with E-state index in [1.807, 2.05) is 0 Å². The van der Waals surface area contributed by atoms with Crippen molar-refractivity contribution in [3.8, 4) is 0 Å². The van der Waals surface area contributed by atoms with Crippen molar-refractivity contribution >= 4 is 36.8 Å². The molecule has 1 aromatic heterocycles. The molecule has 0 aliphatic rings. The summed E-state index contributed by atoms with van der Waals surface area (Å²) in [6.07, 6.45) is 0.140. The Morgan fingerprint density at radius 3 is 2.20 bits per heavy atom. The first-order valence-corrected chi connectivity index (χ1v) is 8.98. The summed E-state index contributed by atoms with van der Waals surface area (Å²) in [5.41, 5.74) is -0.547. The lowest BCUT2D eigenvalue weighted by Gasteiger charge is -2.19. The molecule has 0 aliphatic carbocycles. The predicted octanol–water partition coefficient (Wildman–Crippen LogP) is 0.976. The Bertz CT molecular complexity index is 603. The minimum absolute atomic E-state index is 0.00926. The van der Waals surface area contributed by atoms with Crippen LogP contribution in [0.1, 0.15) is 5.56 Å². The van der Waals surface area contributed by atoms with Crippen LogP contribution in [-0.2, 0) is 15.6 Å². The van der Waals surface area contributed by atoms with Crippen LogP contribution in [0.25, 0.3) is 0 Å². The van der Waals surface area contributed by atoms with Crippen molar-refractivity contribution in [3.05, 3.63) is 32.5 Å². The van der Waals surface area contributed by atoms with E-state index < -0.39 is 37.6 Å². The molecule has 0 unspecified atom stereocenters. The van der Waals surface area contributed by atoms with E-state index in [9.17, 15) is 19.2 Å². The normalized spacial score (nSPS) is 12.7. The van der Waals surface area contributed by atoms with E-state index >= 15 is 0 Å². The second-order valence-corrected chi connectivity index (χ2v) is 8.53. The standard InChI is InChI=1S/C7H9BrN2O8P2/c8-7-4(1-5(3-9-7)10(11)12)2-6(19(13,14)15)20(16,17)18/h1,3,6H,2H2,(H2,13,14,15)(H2,16,17,18). The van der Waals surface area contributed by atoms with Gasteiger partial charge in [-0.25, -0.2) is 4.98 Å². The summed E-state index contributed by atoms with van der Waals surface area (Å²) in [5.74, 6) is 0. The van der Waals surface area contributed by atoms with Crippen LogP contribution in [0, 0.1) is 10.1 Å². The van der Waals surface area contributed by atoms with E-state index in [2.05, 4.69) is 20.9 Å². The van der Waals surface area contributed by atoms with Gasteiger partial charge in [-0.3, -0.25) is 19.2 Å². The number of halogens is 1. The first-order chi connectivity index (χ1) is 8.93. The van der Waals surface area contributed by atoms with E-state index in [1.54, 1.807) is 0 Å². The zero-order valence-corrected chi connectivity index (χ0v) is 12.9. The molecule has 0 saturated carbocycles. The van der Waals surface area contributed by atoms with Gasteiger partial charge in [0, 0.05) is 12.5 Å². The highest BCUT2D eigenvalue weighted by Gasteiger charge is 2.43. The number of hydrogen-bond donors (Lipinski definition) is 4. The average molecular weight is 391 g/mol. The van der Waals surface area contributed by atoms with Gasteiger partial charge < -0.3 is 19.6 Å². The summed E-state index contributed by atoms with van der Waals surface area (Å²) >= 11 is 2.90. The van der Waals surface area contributed by atoms with Crippen LogP contribution in [0.5, 0.6) is 0 Å². The fourth-order valence-corrected chi connectivity index (χ4v) is 4.17. The van der Waals surface area contributed by atoms with Crippen molar-refractivity contribution < 1.29 is 33.6 Å². The van der Waals surface area contributed by atoms with Gasteiger partial charge in [-0.2, -0.15) is 0 Å². The van der Waals surface area contributed by atoms with Gasteiger partial charge in [-0.05, 0) is 21.5 Å². The van der Waals surface area contributed by atoms with Crippen molar-refractivity contribution in [3.63, 3.8) is 0 Å². The lowest BCUT2D eigenvalue weighted by atomic mass is 10.2. The molecule has 10 nitrogen and oxygen atoms in total. The molecule has 1 rings (SSSR count). The van der Waals surface area contributed by atoms with Gasteiger partial charge in [-0.1, -0.05) is 0 Å². The first-order valence-electron chi connectivity index (χ1n) is 4.82. The molecule has 112 valence electrons. The highest BCUT2D eigenvalue weighted by Crippen LogP contribution is 2.61. The maximum absolute atomic E-state index is 11.1. The van der Waals surface area contributed by atoms with Crippen LogP contribution in [0.15, 0.2) is 16.9 Å². The summed E-state index contributed by atoms with van der Waals surface area (Å²) in [7, 11) is -10.2. The van der Waals surface area contributed by atoms with Crippen LogP contribution in [0.4, 0.5) is 5.69 Å². The molecule has 0 aliphatic heterocycles. The smallest absolute Gasteiger partial charge is 0.324 e. The first kappa shape index (κ1) is 17.4. The van der Waals surface area contributed by atoms with Crippen LogP contribution in [-0.4, -0.2) is 34.9 Å². The number of aromatic nitrogens is 1. The van der Waals surface area contributed by atoms with Crippen LogP contribution < -0.4 is 0 Å². The third kappa shape index (κ3) is 4.42. The molecule has 0 atom stereocenters. The predicted molar refractivity (Wildman–Crippen MR) is 70.2 cm³/mol. The Hall–Kier alpha value is -0.670. The van der Waals surface area contributed by atoms with Gasteiger partial charge in [0.2, 0.25) is 0 Å². The molecule has 0 aromatic carbocycles. The third-order valence-electron chi connectivity index (χ3n) is 2.29. The van der Waals surface area contributed by atoms with Crippen molar-refractivity contribution in [1.82, 2.24) is 4.98 Å². The Kier molecular flexibility index (Phi) is 5.20. The molecule has 0 saturated heterocycles. The number of nitrogens with zero attached hydrogens (tertiary/aromatic N) is 2. The van der Waals surface area contributed by atoms with Crippen LogP contribution in [0.2, 0.25) is 0 Å². The summed E-state index contributed by atoms with van der Waals surface area (Å²) in [4.78, 5) is 49.4. The summed E-state index contributed by atoms with van der Waals surface area (Å²) < 4.78 is 22.3. The maximum Gasteiger partial charge on any atom is 0.341 e. The van der Waals surface area contributed by atoms with E-state index in [0.29, 0.717) is 0 Å². The van der Waals surface area contributed by atoms with Crippen molar-refractivity contribution in [2.24, 2.45) is 0 Å². The van der Waals surface area contributed by atoms with Crippen molar-refractivity contribution in [2.45, 2.75) is 11.8 Å². The second-order valence-electron chi connectivity index (χ2n) is 3.76. The molecule has 0 spiro atoms. The zero-order chi connectivity index (χ0) is 15.7. The molecule has 20 heavy (non-hydrogen) atoms. The minimum Gasteiger partial charge on any atom is -0.324 e. The maximum atomic E-state index is 11.1. The van der Waals surface area contributed by atoms with Gasteiger partial charge >= 0.3 is 15.2 Å². The van der Waals surface area contributed by atoms with Crippen LogP contribution >= 0.6 is 31.1 Å². The highest BCUT2D eigenvalue weighted by atomic mass is 79.9. The van der Waals surface area contributed by atoms with Gasteiger partial charge in [0.25, 0.3) is 5.69 Å². The molecular weight excluding hydrogens is 382 g/mol. The molecule has 0 radical (unpaired) electrons. The third-order valence-corrected chi connectivity index (χ3v) is 6.72. The van der Waals surface area contributed by atoms with E-state index in [1.165, 1.54) is 0 Å². The van der Waals surface area contributed by atoms with E-state index in [-0.39, 0.29) is 10.2 Å². The lowest BCUT2D eigenvalue weighted by molar-refractivity contribution is -0.385. The fourth-order valence-electron chi connectivity index (χ4n) is 1.35. The van der Waals surface area contributed by atoms with E-state index in [4.69, 9.17) is 19.6 Å². The number of nitro groups is 1. The van der Waals surface area contributed by atoms with Crippen molar-refractivity contribution in [1.29, 1.82) is 0 Å². The number of rotatable bonds is 5. The Morgan fingerprint density at radius 1 is 1.30 bits per heavy atom. The molecule has 0 fully saturated rings.